The molecule has 16 heavy (non-hydrogen) atoms. The van der Waals surface area contributed by atoms with Crippen LogP contribution in [0.15, 0.2) is 23.7 Å². The summed E-state index contributed by atoms with van der Waals surface area (Å²) in [6.07, 6.45) is 1.58. The van der Waals surface area contributed by atoms with Gasteiger partial charge in [0.15, 0.2) is 0 Å². The van der Waals surface area contributed by atoms with Gasteiger partial charge in [0.1, 0.15) is 6.10 Å². The van der Waals surface area contributed by atoms with Gasteiger partial charge in [0.25, 0.3) is 0 Å². The van der Waals surface area contributed by atoms with Crippen molar-refractivity contribution in [2.24, 2.45) is 0 Å². The average molecular weight is 257 g/mol. The Morgan fingerprint density at radius 3 is 3.06 bits per heavy atom. The number of hydrogen-bond acceptors (Lipinski definition) is 3. The third kappa shape index (κ3) is 2.29. The van der Waals surface area contributed by atoms with Crippen molar-refractivity contribution in [2.75, 3.05) is 0 Å². The van der Waals surface area contributed by atoms with Crippen LogP contribution in [0.25, 0.3) is 0 Å². The van der Waals surface area contributed by atoms with E-state index in [1.54, 1.807) is 22.2 Å². The Morgan fingerprint density at radius 1 is 1.62 bits per heavy atom. The third-order valence-electron chi connectivity index (χ3n) is 2.42. The first-order chi connectivity index (χ1) is 7.72. The molecule has 0 aliphatic heterocycles. The normalized spacial score (nSPS) is 12.9. The van der Waals surface area contributed by atoms with Crippen LogP contribution in [0, 0.1) is 0 Å². The monoisotopic (exact) mass is 256 g/mol. The van der Waals surface area contributed by atoms with Gasteiger partial charge in [-0.1, -0.05) is 17.7 Å². The fourth-order valence-electron chi connectivity index (χ4n) is 1.67. The summed E-state index contributed by atoms with van der Waals surface area (Å²) in [6, 6.07) is 3.99. The predicted octanol–water partition coefficient (Wildman–Crippen LogP) is 2.89. The molecule has 0 aliphatic rings. The van der Waals surface area contributed by atoms with Gasteiger partial charge in [-0.3, -0.25) is 4.68 Å². The van der Waals surface area contributed by atoms with E-state index in [9.17, 15) is 5.11 Å². The van der Waals surface area contributed by atoms with Gasteiger partial charge < -0.3 is 5.11 Å². The Kier molecular flexibility index (Phi) is 3.63. The van der Waals surface area contributed by atoms with E-state index in [0.717, 1.165) is 4.88 Å². The average Bonchev–Trinajstić information content (AvgIpc) is 2.87. The maximum Gasteiger partial charge on any atom is 0.102 e. The molecule has 3 nitrogen and oxygen atoms in total. The summed E-state index contributed by atoms with van der Waals surface area (Å²) in [5, 5.41) is 16.8. The van der Waals surface area contributed by atoms with E-state index < -0.39 is 6.10 Å². The number of nitrogens with zero attached hydrogens (tertiary/aromatic N) is 2. The van der Waals surface area contributed by atoms with E-state index in [-0.39, 0.29) is 0 Å². The highest BCUT2D eigenvalue weighted by molar-refractivity contribution is 7.09. The first-order valence-corrected chi connectivity index (χ1v) is 6.39. The van der Waals surface area contributed by atoms with Gasteiger partial charge in [0.05, 0.1) is 16.9 Å². The number of rotatable bonds is 4. The molecule has 1 N–H and O–H groups in total. The van der Waals surface area contributed by atoms with Crippen molar-refractivity contribution < 1.29 is 5.11 Å². The van der Waals surface area contributed by atoms with Crippen molar-refractivity contribution in [3.05, 3.63) is 39.3 Å². The van der Waals surface area contributed by atoms with Crippen LogP contribution in [-0.4, -0.2) is 14.9 Å². The molecular weight excluding hydrogens is 244 g/mol. The van der Waals surface area contributed by atoms with Crippen LogP contribution in [0.3, 0.4) is 0 Å². The number of halogens is 1. The Balaban J connectivity index is 2.20. The molecular formula is C11H13ClN2OS. The maximum absolute atomic E-state index is 10.1. The zero-order valence-corrected chi connectivity index (χ0v) is 10.5. The Bertz CT molecular complexity index is 453. The quantitative estimate of drug-likeness (QED) is 0.914. The van der Waals surface area contributed by atoms with Crippen molar-refractivity contribution in [1.82, 2.24) is 9.78 Å². The van der Waals surface area contributed by atoms with E-state index in [4.69, 9.17) is 11.6 Å². The lowest BCUT2D eigenvalue weighted by Crippen LogP contribution is -2.10. The number of aryl methyl sites for hydroxylation is 1. The van der Waals surface area contributed by atoms with Gasteiger partial charge in [-0.05, 0) is 18.4 Å². The third-order valence-corrected chi connectivity index (χ3v) is 3.61. The van der Waals surface area contributed by atoms with Crippen molar-refractivity contribution >= 4 is 22.9 Å². The first kappa shape index (κ1) is 11.6. The fourth-order valence-corrected chi connectivity index (χ4v) is 2.68. The molecule has 0 spiro atoms. The maximum atomic E-state index is 10.1. The number of aromatic nitrogens is 2. The van der Waals surface area contributed by atoms with Crippen molar-refractivity contribution in [2.45, 2.75) is 26.0 Å². The summed E-state index contributed by atoms with van der Waals surface area (Å²) >= 11 is 7.65. The van der Waals surface area contributed by atoms with Crippen molar-refractivity contribution in [3.8, 4) is 0 Å². The molecule has 0 fully saturated rings. The molecule has 0 aromatic carbocycles. The largest absolute Gasteiger partial charge is 0.386 e. The summed E-state index contributed by atoms with van der Waals surface area (Å²) in [4.78, 5) is 1.15. The summed E-state index contributed by atoms with van der Waals surface area (Å²) in [5.41, 5.74) is 0.706. The van der Waals surface area contributed by atoms with Crippen LogP contribution < -0.4 is 0 Å². The summed E-state index contributed by atoms with van der Waals surface area (Å²) in [6.45, 7) is 2.69. The number of aliphatic hydroxyl groups excluding tert-OH is 1. The second-order valence-corrected chi connectivity index (χ2v) is 4.93. The van der Waals surface area contributed by atoms with Gasteiger partial charge in [-0.25, -0.2) is 0 Å². The van der Waals surface area contributed by atoms with E-state index in [2.05, 4.69) is 5.10 Å². The van der Waals surface area contributed by atoms with Gasteiger partial charge in [0.2, 0.25) is 0 Å². The first-order valence-electron chi connectivity index (χ1n) is 5.14. The zero-order valence-electron chi connectivity index (χ0n) is 8.93. The minimum atomic E-state index is -0.589. The van der Waals surface area contributed by atoms with Crippen molar-refractivity contribution in [3.63, 3.8) is 0 Å². The Morgan fingerprint density at radius 2 is 2.44 bits per heavy atom. The molecule has 0 amide bonds. The van der Waals surface area contributed by atoms with Crippen LogP contribution in [0.5, 0.6) is 0 Å². The second-order valence-electron chi connectivity index (χ2n) is 3.49. The van der Waals surface area contributed by atoms with Crippen LogP contribution in [0.1, 0.15) is 23.6 Å². The molecule has 2 rings (SSSR count). The lowest BCUT2D eigenvalue weighted by Gasteiger charge is -2.12. The van der Waals surface area contributed by atoms with E-state index in [0.29, 0.717) is 23.7 Å². The molecule has 86 valence electrons. The smallest absolute Gasteiger partial charge is 0.102 e. The van der Waals surface area contributed by atoms with Crippen molar-refractivity contribution in [1.29, 1.82) is 0 Å². The molecule has 2 heterocycles. The SMILES string of the molecule is CCn1ncc(Cl)c1C(O)Cc1cccs1. The van der Waals surface area contributed by atoms with Gasteiger partial charge in [-0.2, -0.15) is 5.10 Å². The number of thiophene rings is 1. The van der Waals surface area contributed by atoms with Crippen LogP contribution >= 0.6 is 22.9 Å². The highest BCUT2D eigenvalue weighted by Gasteiger charge is 2.18. The molecule has 0 saturated heterocycles. The lowest BCUT2D eigenvalue weighted by molar-refractivity contribution is 0.168. The molecule has 0 aliphatic carbocycles. The summed E-state index contributed by atoms with van der Waals surface area (Å²) in [7, 11) is 0. The van der Waals surface area contributed by atoms with E-state index in [1.165, 1.54) is 0 Å². The molecule has 1 atom stereocenters. The van der Waals surface area contributed by atoms with Crippen LogP contribution in [0.2, 0.25) is 5.02 Å². The molecule has 2 aromatic rings. The molecule has 0 radical (unpaired) electrons. The molecule has 0 saturated carbocycles. The van der Waals surface area contributed by atoms with Gasteiger partial charge >= 0.3 is 0 Å². The highest BCUT2D eigenvalue weighted by atomic mass is 35.5. The molecule has 2 aromatic heterocycles. The summed E-state index contributed by atoms with van der Waals surface area (Å²) in [5.74, 6) is 0. The van der Waals surface area contributed by atoms with Crippen LogP contribution in [0.4, 0.5) is 0 Å². The summed E-state index contributed by atoms with van der Waals surface area (Å²) < 4.78 is 1.74. The predicted molar refractivity (Wildman–Crippen MR) is 65.9 cm³/mol. The topological polar surface area (TPSA) is 38.0 Å². The fraction of sp³-hybridized carbons (Fsp3) is 0.364. The minimum absolute atomic E-state index is 0.533. The second kappa shape index (κ2) is 4.99. The zero-order chi connectivity index (χ0) is 11.5. The van der Waals surface area contributed by atoms with E-state index in [1.807, 2.05) is 24.4 Å². The van der Waals surface area contributed by atoms with Crippen LogP contribution in [-0.2, 0) is 13.0 Å². The number of aliphatic hydroxyl groups is 1. The lowest BCUT2D eigenvalue weighted by atomic mass is 10.1. The van der Waals surface area contributed by atoms with Gasteiger partial charge in [0, 0.05) is 17.8 Å². The van der Waals surface area contributed by atoms with E-state index >= 15 is 0 Å². The van der Waals surface area contributed by atoms with Gasteiger partial charge in [-0.15, -0.1) is 11.3 Å². The minimum Gasteiger partial charge on any atom is -0.386 e. The molecule has 5 heteroatoms. The Labute approximate surface area is 103 Å². The molecule has 1 unspecified atom stereocenters. The Hall–Kier alpha value is -0.840. The number of hydrogen-bond donors (Lipinski definition) is 1. The standard InChI is InChI=1S/C11H13ClN2OS/c1-2-14-11(9(12)7-13-14)10(15)6-8-4-3-5-16-8/h3-5,7,10,15H,2,6H2,1H3. The molecule has 0 bridgehead atoms. The highest BCUT2D eigenvalue weighted by Crippen LogP contribution is 2.26.